The quantitative estimate of drug-likeness (QED) is 0.180. The van der Waals surface area contributed by atoms with Gasteiger partial charge in [0.15, 0.2) is 0 Å². The molecule has 1 aliphatic rings. The van der Waals surface area contributed by atoms with Crippen LogP contribution in [0.25, 0.3) is 0 Å². The molecule has 0 aromatic heterocycles. The van der Waals surface area contributed by atoms with E-state index in [0.717, 1.165) is 63.6 Å². The van der Waals surface area contributed by atoms with Crippen LogP contribution in [0.3, 0.4) is 0 Å². The lowest BCUT2D eigenvalue weighted by molar-refractivity contribution is -0.134. The van der Waals surface area contributed by atoms with E-state index < -0.39 is 17.7 Å². The van der Waals surface area contributed by atoms with Crippen molar-refractivity contribution in [1.82, 2.24) is 10.2 Å². The van der Waals surface area contributed by atoms with Gasteiger partial charge in [0.05, 0.1) is 18.4 Å². The molecule has 2 amide bonds. The van der Waals surface area contributed by atoms with Crippen LogP contribution in [0.5, 0.6) is 5.75 Å². The van der Waals surface area contributed by atoms with Gasteiger partial charge in [-0.15, -0.1) is 12.3 Å². The van der Waals surface area contributed by atoms with Gasteiger partial charge in [-0.05, 0) is 86.2 Å². The SMILES string of the molecule is C#CCC1C(C(N)=O)C1C(=O)N(CCC)CCCCOc1cc(F)cc(CCCCNCc2cccc(CC)c2)c1. The van der Waals surface area contributed by atoms with Crippen molar-refractivity contribution < 1.29 is 18.7 Å². The fourth-order valence-corrected chi connectivity index (χ4v) is 5.52. The van der Waals surface area contributed by atoms with Crippen molar-refractivity contribution >= 4 is 11.8 Å². The minimum absolute atomic E-state index is 0.0347. The monoisotopic (exact) mass is 563 g/mol. The highest BCUT2D eigenvalue weighted by Crippen LogP contribution is 2.49. The molecule has 1 saturated carbocycles. The molecule has 3 rings (SSSR count). The summed E-state index contributed by atoms with van der Waals surface area (Å²) < 4.78 is 20.1. The van der Waals surface area contributed by atoms with Crippen LogP contribution >= 0.6 is 0 Å². The van der Waals surface area contributed by atoms with Crippen LogP contribution < -0.4 is 15.8 Å². The third kappa shape index (κ3) is 10.2. The summed E-state index contributed by atoms with van der Waals surface area (Å²) in [4.78, 5) is 26.6. The van der Waals surface area contributed by atoms with Crippen molar-refractivity contribution in [2.45, 2.75) is 71.8 Å². The van der Waals surface area contributed by atoms with Crippen molar-refractivity contribution in [2.24, 2.45) is 23.5 Å². The molecule has 6 nitrogen and oxygen atoms in total. The Morgan fingerprint density at radius 1 is 1.02 bits per heavy atom. The molecular weight excluding hydrogens is 517 g/mol. The Hall–Kier alpha value is -3.37. The third-order valence-electron chi connectivity index (χ3n) is 7.76. The van der Waals surface area contributed by atoms with Crippen molar-refractivity contribution in [1.29, 1.82) is 0 Å². The van der Waals surface area contributed by atoms with Gasteiger partial charge in [-0.1, -0.05) is 38.1 Å². The zero-order valence-electron chi connectivity index (χ0n) is 24.7. The van der Waals surface area contributed by atoms with Gasteiger partial charge in [0.1, 0.15) is 11.6 Å². The van der Waals surface area contributed by atoms with E-state index in [1.807, 2.05) is 17.9 Å². The fraction of sp³-hybridized carbons (Fsp3) is 0.529. The number of benzene rings is 2. The van der Waals surface area contributed by atoms with Crippen molar-refractivity contribution in [2.75, 3.05) is 26.2 Å². The number of carbonyl (C=O) groups is 2. The molecule has 1 fully saturated rings. The summed E-state index contributed by atoms with van der Waals surface area (Å²) in [5.74, 6) is 1.32. The number of terminal acetylenes is 1. The Morgan fingerprint density at radius 2 is 1.83 bits per heavy atom. The smallest absolute Gasteiger partial charge is 0.226 e. The molecule has 7 heteroatoms. The molecule has 2 aromatic rings. The van der Waals surface area contributed by atoms with Gasteiger partial charge in [-0.25, -0.2) is 4.39 Å². The van der Waals surface area contributed by atoms with E-state index in [1.165, 1.54) is 17.2 Å². The standard InChI is InChI=1S/C34H46FN3O3/c1-4-12-30-31(33(36)39)32(30)34(40)38(17-5-2)18-9-10-19-41-29-22-26(21-28(35)23-29)13-7-8-16-37-24-27-15-11-14-25(6-3)20-27/h1,11,14-15,20-23,30-32,37H,5-10,12-13,16-19,24H2,2-3H3,(H2,36,39). The second-order valence-electron chi connectivity index (χ2n) is 11.0. The summed E-state index contributed by atoms with van der Waals surface area (Å²) in [6.07, 6.45) is 11.9. The maximum Gasteiger partial charge on any atom is 0.226 e. The number of nitrogens with one attached hydrogen (secondary N) is 1. The number of carbonyl (C=O) groups excluding carboxylic acids is 2. The van der Waals surface area contributed by atoms with Crippen molar-refractivity contribution in [3.63, 3.8) is 0 Å². The van der Waals surface area contributed by atoms with Gasteiger partial charge >= 0.3 is 0 Å². The summed E-state index contributed by atoms with van der Waals surface area (Å²) in [6.45, 7) is 7.60. The van der Waals surface area contributed by atoms with E-state index >= 15 is 0 Å². The highest BCUT2D eigenvalue weighted by atomic mass is 19.1. The second kappa shape index (κ2) is 16.8. The number of hydrogen-bond acceptors (Lipinski definition) is 4. The summed E-state index contributed by atoms with van der Waals surface area (Å²) in [5, 5.41) is 3.50. The molecule has 2 aromatic carbocycles. The van der Waals surface area contributed by atoms with E-state index in [0.29, 0.717) is 31.9 Å². The average Bonchev–Trinajstić information content (AvgIpc) is 3.68. The largest absolute Gasteiger partial charge is 0.493 e. The Labute approximate surface area is 245 Å². The van der Waals surface area contributed by atoms with Gasteiger partial charge in [-0.3, -0.25) is 9.59 Å². The Kier molecular flexibility index (Phi) is 13.2. The maximum atomic E-state index is 14.2. The molecule has 0 spiro atoms. The van der Waals surface area contributed by atoms with E-state index in [2.05, 4.69) is 42.4 Å². The van der Waals surface area contributed by atoms with Gasteiger partial charge < -0.3 is 20.7 Å². The highest BCUT2D eigenvalue weighted by molar-refractivity contribution is 5.92. The molecule has 3 N–H and O–H groups in total. The Balaban J connectivity index is 1.36. The predicted molar refractivity (Wildman–Crippen MR) is 162 cm³/mol. The summed E-state index contributed by atoms with van der Waals surface area (Å²) in [6, 6.07) is 13.6. The number of halogens is 1. The van der Waals surface area contributed by atoms with Crippen LogP contribution in [0.15, 0.2) is 42.5 Å². The molecule has 0 heterocycles. The molecule has 0 saturated heterocycles. The molecule has 3 atom stereocenters. The number of nitrogens with two attached hydrogens (primary N) is 1. The molecule has 0 bridgehead atoms. The van der Waals surface area contributed by atoms with Crippen LogP contribution in [0, 0.1) is 35.9 Å². The second-order valence-corrected chi connectivity index (χ2v) is 11.0. The van der Waals surface area contributed by atoms with E-state index in [-0.39, 0.29) is 17.6 Å². The van der Waals surface area contributed by atoms with E-state index in [1.54, 1.807) is 6.07 Å². The van der Waals surface area contributed by atoms with Gasteiger partial charge in [0.25, 0.3) is 0 Å². The molecule has 0 radical (unpaired) electrons. The van der Waals surface area contributed by atoms with Gasteiger partial charge in [-0.2, -0.15) is 0 Å². The zero-order valence-corrected chi connectivity index (χ0v) is 24.7. The average molecular weight is 564 g/mol. The molecule has 3 unspecified atom stereocenters. The highest BCUT2D eigenvalue weighted by Gasteiger charge is 2.58. The zero-order chi connectivity index (χ0) is 29.6. The lowest BCUT2D eigenvalue weighted by Gasteiger charge is -2.22. The number of aryl methyl sites for hydroxylation is 2. The maximum absolute atomic E-state index is 14.2. The molecular formula is C34H46FN3O3. The number of amides is 2. The first kappa shape index (κ1) is 32.1. The molecule has 222 valence electrons. The topological polar surface area (TPSA) is 84.7 Å². The normalized spacial score (nSPS) is 17.6. The number of ether oxygens (including phenoxy) is 1. The first-order chi connectivity index (χ1) is 19.9. The number of hydrogen-bond donors (Lipinski definition) is 2. The number of unbranched alkanes of at least 4 members (excludes halogenated alkanes) is 2. The predicted octanol–water partition coefficient (Wildman–Crippen LogP) is 5.27. The number of primary amides is 1. The van der Waals surface area contributed by atoms with Crippen LogP contribution in [0.4, 0.5) is 4.39 Å². The third-order valence-corrected chi connectivity index (χ3v) is 7.76. The van der Waals surface area contributed by atoms with Gasteiger partial charge in [0.2, 0.25) is 11.8 Å². The molecule has 1 aliphatic carbocycles. The van der Waals surface area contributed by atoms with Crippen LogP contribution in [0.2, 0.25) is 0 Å². The first-order valence-corrected chi connectivity index (χ1v) is 15.1. The Morgan fingerprint density at radius 3 is 2.56 bits per heavy atom. The van der Waals surface area contributed by atoms with Crippen LogP contribution in [-0.2, 0) is 29.0 Å². The van der Waals surface area contributed by atoms with Crippen LogP contribution in [-0.4, -0.2) is 43.0 Å². The Bertz CT molecular complexity index is 1180. The number of nitrogens with zero attached hydrogens (tertiary/aromatic N) is 1. The first-order valence-electron chi connectivity index (χ1n) is 15.1. The summed E-state index contributed by atoms with van der Waals surface area (Å²) >= 11 is 0. The van der Waals surface area contributed by atoms with Crippen molar-refractivity contribution in [3.8, 4) is 18.1 Å². The van der Waals surface area contributed by atoms with Crippen molar-refractivity contribution in [3.05, 3.63) is 65.0 Å². The lowest BCUT2D eigenvalue weighted by atomic mass is 10.1. The van der Waals surface area contributed by atoms with E-state index in [9.17, 15) is 14.0 Å². The fourth-order valence-electron chi connectivity index (χ4n) is 5.52. The number of rotatable bonds is 19. The van der Waals surface area contributed by atoms with E-state index in [4.69, 9.17) is 16.9 Å². The molecule has 0 aliphatic heterocycles. The summed E-state index contributed by atoms with van der Waals surface area (Å²) in [7, 11) is 0. The molecule has 41 heavy (non-hydrogen) atoms. The minimum Gasteiger partial charge on any atom is -0.493 e. The lowest BCUT2D eigenvalue weighted by Crippen LogP contribution is -2.35. The van der Waals surface area contributed by atoms with Gasteiger partial charge in [0, 0.05) is 32.1 Å². The summed E-state index contributed by atoms with van der Waals surface area (Å²) in [5.41, 5.74) is 9.07. The van der Waals surface area contributed by atoms with Crippen LogP contribution in [0.1, 0.15) is 69.1 Å². The minimum atomic E-state index is -0.456.